The van der Waals surface area contributed by atoms with E-state index in [1.807, 2.05) is 24.3 Å². The summed E-state index contributed by atoms with van der Waals surface area (Å²) in [7, 11) is 1.59. The Morgan fingerprint density at radius 1 is 1.26 bits per heavy atom. The van der Waals surface area contributed by atoms with Gasteiger partial charge in [-0.3, -0.25) is 4.79 Å². The predicted molar refractivity (Wildman–Crippen MR) is 70.9 cm³/mol. The molecule has 1 N–H and O–H groups in total. The number of carbonyl (C=O) groups is 2. The topological polar surface area (TPSA) is 64.6 Å². The van der Waals surface area contributed by atoms with E-state index >= 15 is 0 Å². The Morgan fingerprint density at radius 2 is 1.89 bits per heavy atom. The van der Waals surface area contributed by atoms with Gasteiger partial charge in [0.25, 0.3) is 0 Å². The normalized spacial score (nSPS) is 11.5. The molecule has 0 aliphatic heterocycles. The fourth-order valence-electron chi connectivity index (χ4n) is 1.68. The quantitative estimate of drug-likeness (QED) is 0.788. The van der Waals surface area contributed by atoms with E-state index in [1.165, 1.54) is 6.92 Å². The molecule has 1 rings (SSSR count). The lowest BCUT2D eigenvalue weighted by atomic mass is 10.1. The summed E-state index contributed by atoms with van der Waals surface area (Å²) in [5, 5.41) is 2.60. The second-order valence-corrected chi connectivity index (χ2v) is 4.06. The molecule has 0 fully saturated rings. The lowest BCUT2D eigenvalue weighted by Crippen LogP contribution is -2.42. The smallest absolute Gasteiger partial charge is 0.328 e. The second-order valence-electron chi connectivity index (χ2n) is 4.06. The zero-order valence-electron chi connectivity index (χ0n) is 11.4. The van der Waals surface area contributed by atoms with Crippen LogP contribution in [0.25, 0.3) is 0 Å². The number of methoxy groups -OCH3 is 1. The van der Waals surface area contributed by atoms with Gasteiger partial charge in [-0.2, -0.15) is 0 Å². The molecular weight excluding hydrogens is 246 g/mol. The van der Waals surface area contributed by atoms with Crippen molar-refractivity contribution in [3.8, 4) is 5.75 Å². The summed E-state index contributed by atoms with van der Waals surface area (Å²) < 4.78 is 10.0. The minimum atomic E-state index is -0.661. The molecule has 5 nitrogen and oxygen atoms in total. The third kappa shape index (κ3) is 4.99. The Kier molecular flexibility index (Phi) is 5.85. The van der Waals surface area contributed by atoms with E-state index in [4.69, 9.17) is 9.47 Å². The van der Waals surface area contributed by atoms with Gasteiger partial charge in [0.15, 0.2) is 0 Å². The second kappa shape index (κ2) is 7.41. The van der Waals surface area contributed by atoms with E-state index in [9.17, 15) is 9.59 Å². The lowest BCUT2D eigenvalue weighted by Gasteiger charge is -2.16. The highest BCUT2D eigenvalue weighted by molar-refractivity contribution is 5.83. The van der Waals surface area contributed by atoms with E-state index < -0.39 is 12.0 Å². The monoisotopic (exact) mass is 265 g/mol. The molecule has 1 amide bonds. The zero-order valence-corrected chi connectivity index (χ0v) is 11.4. The minimum Gasteiger partial charge on any atom is -0.497 e. The van der Waals surface area contributed by atoms with Crippen molar-refractivity contribution in [1.29, 1.82) is 0 Å². The van der Waals surface area contributed by atoms with Crippen LogP contribution in [-0.4, -0.2) is 31.6 Å². The van der Waals surface area contributed by atoms with Crippen LogP contribution >= 0.6 is 0 Å². The van der Waals surface area contributed by atoms with Crippen molar-refractivity contribution in [2.24, 2.45) is 0 Å². The highest BCUT2D eigenvalue weighted by atomic mass is 16.5. The van der Waals surface area contributed by atoms with Crippen LogP contribution in [0.2, 0.25) is 0 Å². The first-order valence-corrected chi connectivity index (χ1v) is 6.13. The summed E-state index contributed by atoms with van der Waals surface area (Å²) >= 11 is 0. The van der Waals surface area contributed by atoms with Gasteiger partial charge in [-0.1, -0.05) is 12.1 Å². The molecule has 0 heterocycles. The van der Waals surface area contributed by atoms with Crippen LogP contribution in [0.4, 0.5) is 0 Å². The van der Waals surface area contributed by atoms with Crippen molar-refractivity contribution >= 4 is 11.9 Å². The first-order valence-electron chi connectivity index (χ1n) is 6.13. The van der Waals surface area contributed by atoms with Crippen LogP contribution < -0.4 is 10.1 Å². The first kappa shape index (κ1) is 15.0. The highest BCUT2D eigenvalue weighted by Crippen LogP contribution is 2.13. The maximum Gasteiger partial charge on any atom is 0.328 e. The number of nitrogens with one attached hydrogen (secondary N) is 1. The Hall–Kier alpha value is -2.04. The lowest BCUT2D eigenvalue weighted by molar-refractivity contribution is -0.147. The molecule has 19 heavy (non-hydrogen) atoms. The average Bonchev–Trinajstić information content (AvgIpc) is 2.38. The van der Waals surface area contributed by atoms with Crippen LogP contribution in [0.5, 0.6) is 5.75 Å². The fourth-order valence-corrected chi connectivity index (χ4v) is 1.68. The van der Waals surface area contributed by atoms with Gasteiger partial charge in [0.2, 0.25) is 5.91 Å². The number of hydrogen-bond donors (Lipinski definition) is 1. The number of amides is 1. The molecule has 1 aromatic rings. The molecule has 0 saturated carbocycles. The van der Waals surface area contributed by atoms with Crippen LogP contribution in [0.15, 0.2) is 24.3 Å². The van der Waals surface area contributed by atoms with E-state index in [1.54, 1.807) is 14.0 Å². The number of hydrogen-bond acceptors (Lipinski definition) is 4. The van der Waals surface area contributed by atoms with Gasteiger partial charge in [0.05, 0.1) is 13.7 Å². The van der Waals surface area contributed by atoms with Crippen molar-refractivity contribution < 1.29 is 19.1 Å². The number of rotatable bonds is 6. The molecule has 5 heteroatoms. The standard InChI is InChI=1S/C14H19NO4/c1-4-19-14(17)13(15-10(2)16)9-11-5-7-12(18-3)8-6-11/h5-8,13H,4,9H2,1-3H3,(H,15,16)/t13-/m1/s1. The molecule has 0 unspecified atom stereocenters. The highest BCUT2D eigenvalue weighted by Gasteiger charge is 2.21. The molecule has 0 aliphatic carbocycles. The number of carbonyl (C=O) groups excluding carboxylic acids is 2. The molecule has 0 radical (unpaired) electrons. The Balaban J connectivity index is 2.74. The van der Waals surface area contributed by atoms with Gasteiger partial charge in [0.1, 0.15) is 11.8 Å². The van der Waals surface area contributed by atoms with Crippen molar-refractivity contribution in [2.45, 2.75) is 26.3 Å². The van der Waals surface area contributed by atoms with Gasteiger partial charge in [-0.15, -0.1) is 0 Å². The van der Waals surface area contributed by atoms with Crippen molar-refractivity contribution in [2.75, 3.05) is 13.7 Å². The molecule has 1 atom stereocenters. The molecule has 0 spiro atoms. The van der Waals surface area contributed by atoms with Crippen LogP contribution in [-0.2, 0) is 20.7 Å². The van der Waals surface area contributed by atoms with Crippen molar-refractivity contribution in [3.63, 3.8) is 0 Å². The maximum absolute atomic E-state index is 11.7. The first-order chi connectivity index (χ1) is 9.06. The summed E-state index contributed by atoms with van der Waals surface area (Å²) in [5.74, 6) is 0.0658. The summed E-state index contributed by atoms with van der Waals surface area (Å²) in [4.78, 5) is 22.9. The molecule has 0 bridgehead atoms. The van der Waals surface area contributed by atoms with Gasteiger partial charge < -0.3 is 14.8 Å². The van der Waals surface area contributed by atoms with Gasteiger partial charge in [-0.25, -0.2) is 4.79 Å². The number of ether oxygens (including phenoxy) is 2. The predicted octanol–water partition coefficient (Wildman–Crippen LogP) is 1.31. The third-order valence-corrected chi connectivity index (χ3v) is 2.55. The Labute approximate surface area is 112 Å². The number of benzene rings is 1. The Bertz CT molecular complexity index is 428. The molecule has 0 aromatic heterocycles. The molecule has 0 aliphatic rings. The van der Waals surface area contributed by atoms with Gasteiger partial charge in [-0.05, 0) is 24.6 Å². The third-order valence-electron chi connectivity index (χ3n) is 2.55. The minimum absolute atomic E-state index is 0.258. The van der Waals surface area contributed by atoms with Gasteiger partial charge in [0, 0.05) is 13.3 Å². The van der Waals surface area contributed by atoms with E-state index in [-0.39, 0.29) is 12.5 Å². The summed E-state index contributed by atoms with van der Waals surface area (Å²) in [5.41, 5.74) is 0.924. The molecule has 104 valence electrons. The van der Waals surface area contributed by atoms with Crippen LogP contribution in [0, 0.1) is 0 Å². The summed E-state index contributed by atoms with van der Waals surface area (Å²) in [6.45, 7) is 3.40. The van der Waals surface area contributed by atoms with Crippen molar-refractivity contribution in [1.82, 2.24) is 5.32 Å². The largest absolute Gasteiger partial charge is 0.497 e. The number of esters is 1. The average molecular weight is 265 g/mol. The van der Waals surface area contributed by atoms with E-state index in [0.717, 1.165) is 11.3 Å². The van der Waals surface area contributed by atoms with Crippen LogP contribution in [0.1, 0.15) is 19.4 Å². The SMILES string of the molecule is CCOC(=O)[C@@H](Cc1ccc(OC)cc1)NC(C)=O. The van der Waals surface area contributed by atoms with Crippen molar-refractivity contribution in [3.05, 3.63) is 29.8 Å². The molecular formula is C14H19NO4. The molecule has 0 saturated heterocycles. The van der Waals surface area contributed by atoms with E-state index in [2.05, 4.69) is 5.32 Å². The van der Waals surface area contributed by atoms with E-state index in [0.29, 0.717) is 6.42 Å². The summed E-state index contributed by atoms with van der Waals surface area (Å²) in [6.07, 6.45) is 0.391. The van der Waals surface area contributed by atoms with Gasteiger partial charge >= 0.3 is 5.97 Å². The summed E-state index contributed by atoms with van der Waals surface area (Å²) in [6, 6.07) is 6.67. The van der Waals surface area contributed by atoms with Crippen LogP contribution in [0.3, 0.4) is 0 Å². The molecule has 1 aromatic carbocycles. The fraction of sp³-hybridized carbons (Fsp3) is 0.429. The maximum atomic E-state index is 11.7. The Morgan fingerprint density at radius 3 is 2.37 bits per heavy atom. The zero-order chi connectivity index (χ0) is 14.3.